The lowest BCUT2D eigenvalue weighted by molar-refractivity contribution is -0.138. The van der Waals surface area contributed by atoms with Gasteiger partial charge in [-0.3, -0.25) is 4.85 Å². The second-order valence-corrected chi connectivity index (χ2v) is 5.34. The molecule has 1 unspecified atom stereocenters. The Balaban J connectivity index is 2.37. The summed E-state index contributed by atoms with van der Waals surface area (Å²) in [5.74, 6) is -0.00396. The third-order valence-corrected chi connectivity index (χ3v) is 4.09. The molecule has 1 aromatic carbocycles. The first-order chi connectivity index (χ1) is 11.1. The summed E-state index contributed by atoms with van der Waals surface area (Å²) in [6, 6.07) is 9.49. The highest BCUT2D eigenvalue weighted by atomic mass is 16.5. The van der Waals surface area contributed by atoms with Crippen molar-refractivity contribution in [1.82, 2.24) is 0 Å². The summed E-state index contributed by atoms with van der Waals surface area (Å²) in [6.45, 7) is 9.54. The highest BCUT2D eigenvalue weighted by Gasteiger charge is 2.50. The number of hydrogen-bond acceptors (Lipinski definition) is 4. The van der Waals surface area contributed by atoms with Gasteiger partial charge in [0, 0.05) is 5.57 Å². The summed E-state index contributed by atoms with van der Waals surface area (Å²) < 4.78 is 10.1. The van der Waals surface area contributed by atoms with Crippen LogP contribution in [0.2, 0.25) is 0 Å². The molecule has 0 N–H and O–H groups in total. The number of rotatable bonds is 4. The molecule has 1 aromatic rings. The van der Waals surface area contributed by atoms with Gasteiger partial charge in [0.2, 0.25) is 0 Å². The molecule has 0 amide bonds. The van der Waals surface area contributed by atoms with Crippen LogP contribution in [-0.4, -0.2) is 25.2 Å². The molecule has 0 aromatic heterocycles. The molecule has 0 fully saturated rings. The zero-order valence-corrected chi connectivity index (χ0v) is 13.2. The number of carbonyl (C=O) groups is 1. The predicted molar refractivity (Wildman–Crippen MR) is 84.6 cm³/mol. The molecule has 5 heteroatoms. The van der Waals surface area contributed by atoms with Crippen LogP contribution in [-0.2, 0) is 9.53 Å². The second-order valence-electron chi connectivity index (χ2n) is 5.34. The van der Waals surface area contributed by atoms with Gasteiger partial charge in [0.1, 0.15) is 5.75 Å². The fraction of sp³-hybridized carbons (Fsp3) is 0.389. The van der Waals surface area contributed by atoms with Crippen molar-refractivity contribution in [3.05, 3.63) is 52.9 Å². The molecule has 0 bridgehead atoms. The lowest BCUT2D eigenvalue weighted by Gasteiger charge is -2.29. The van der Waals surface area contributed by atoms with Crippen LogP contribution in [0.5, 0.6) is 5.75 Å². The van der Waals surface area contributed by atoms with Crippen LogP contribution in [0.1, 0.15) is 31.2 Å². The van der Waals surface area contributed by atoms with Gasteiger partial charge < -0.3 is 9.47 Å². The van der Waals surface area contributed by atoms with Crippen LogP contribution in [0.3, 0.4) is 0 Å². The van der Waals surface area contributed by atoms with E-state index in [-0.39, 0.29) is 18.9 Å². The number of benzene rings is 1. The first kappa shape index (κ1) is 16.6. The van der Waals surface area contributed by atoms with Crippen molar-refractivity contribution in [1.29, 1.82) is 5.26 Å². The van der Waals surface area contributed by atoms with Crippen molar-refractivity contribution >= 4 is 5.97 Å². The number of allylic oxidation sites excluding steroid dienone is 1. The quantitative estimate of drug-likeness (QED) is 0.632. The van der Waals surface area contributed by atoms with Crippen LogP contribution >= 0.6 is 0 Å². The van der Waals surface area contributed by atoms with Gasteiger partial charge in [-0.2, -0.15) is 5.26 Å². The van der Waals surface area contributed by atoms with Crippen LogP contribution in [0.25, 0.3) is 4.85 Å². The summed E-state index contributed by atoms with van der Waals surface area (Å²) >= 11 is 0. The number of ether oxygens (including phenoxy) is 2. The number of nitrogens with zero attached hydrogens (tertiary/aromatic N) is 2. The highest BCUT2D eigenvalue weighted by molar-refractivity contribution is 5.89. The summed E-state index contributed by atoms with van der Waals surface area (Å²) in [4.78, 5) is 15.5. The fourth-order valence-electron chi connectivity index (χ4n) is 2.83. The largest absolute Gasteiger partial charge is 0.497 e. The minimum atomic E-state index is -1.29. The molecule has 2 rings (SSSR count). The van der Waals surface area contributed by atoms with Gasteiger partial charge >= 0.3 is 11.5 Å². The van der Waals surface area contributed by atoms with Crippen molar-refractivity contribution in [2.45, 2.75) is 31.2 Å². The van der Waals surface area contributed by atoms with Crippen molar-refractivity contribution in [3.63, 3.8) is 0 Å². The molecule has 2 atom stereocenters. The van der Waals surface area contributed by atoms with Gasteiger partial charge in [-0.1, -0.05) is 18.2 Å². The molecule has 0 saturated heterocycles. The maximum Gasteiger partial charge on any atom is 0.334 e. The van der Waals surface area contributed by atoms with E-state index in [2.05, 4.69) is 10.9 Å². The topological polar surface area (TPSA) is 63.7 Å². The van der Waals surface area contributed by atoms with E-state index in [0.29, 0.717) is 12.0 Å². The predicted octanol–water partition coefficient (Wildman–Crippen LogP) is 3.24. The average molecular weight is 310 g/mol. The van der Waals surface area contributed by atoms with Crippen LogP contribution in [0, 0.1) is 17.9 Å². The van der Waals surface area contributed by atoms with E-state index >= 15 is 0 Å². The average Bonchev–Trinajstić information content (AvgIpc) is 2.61. The Morgan fingerprint density at radius 2 is 2.17 bits per heavy atom. The van der Waals surface area contributed by atoms with E-state index in [1.165, 1.54) is 0 Å². The first-order valence-corrected chi connectivity index (χ1v) is 7.40. The SMILES string of the molecule is [C-]#[N+]C1(C#N)CC(C(=O)OCC)=CC[C@H]1c1ccc(OC)cc1. The molecule has 1 aliphatic rings. The van der Waals surface area contributed by atoms with Gasteiger partial charge in [-0.05, 0) is 31.0 Å². The number of methoxy groups -OCH3 is 1. The van der Waals surface area contributed by atoms with Gasteiger partial charge in [0.05, 0.1) is 26.1 Å². The van der Waals surface area contributed by atoms with Crippen LogP contribution < -0.4 is 4.74 Å². The number of hydrogen-bond donors (Lipinski definition) is 0. The first-order valence-electron chi connectivity index (χ1n) is 7.40. The summed E-state index contributed by atoms with van der Waals surface area (Å²) in [7, 11) is 1.59. The Morgan fingerprint density at radius 1 is 1.48 bits per heavy atom. The maximum absolute atomic E-state index is 11.9. The van der Waals surface area contributed by atoms with E-state index in [9.17, 15) is 10.1 Å². The molecule has 5 nitrogen and oxygen atoms in total. The van der Waals surface area contributed by atoms with Gasteiger partial charge in [-0.15, -0.1) is 0 Å². The Kier molecular flexibility index (Phi) is 5.03. The monoisotopic (exact) mass is 310 g/mol. The molecule has 0 aliphatic heterocycles. The van der Waals surface area contributed by atoms with Crippen molar-refractivity contribution in [3.8, 4) is 11.8 Å². The molecule has 0 radical (unpaired) electrons. The Hall–Kier alpha value is -2.79. The molecule has 0 spiro atoms. The molecule has 118 valence electrons. The van der Waals surface area contributed by atoms with E-state index in [0.717, 1.165) is 11.3 Å². The van der Waals surface area contributed by atoms with Crippen LogP contribution in [0.4, 0.5) is 0 Å². The standard InChI is InChI=1S/C18H18N2O3/c1-4-23-17(21)14-7-10-16(18(11-14,12-19)20-2)13-5-8-15(22-3)9-6-13/h5-9,16H,4,10-11H2,1,3H3/t16-,18?/m0/s1. The highest BCUT2D eigenvalue weighted by Crippen LogP contribution is 2.43. The molecular formula is C18H18N2O3. The van der Waals surface area contributed by atoms with Gasteiger partial charge in [0.25, 0.3) is 0 Å². The smallest absolute Gasteiger partial charge is 0.334 e. The van der Waals surface area contributed by atoms with E-state index in [1.54, 1.807) is 20.1 Å². The Morgan fingerprint density at radius 3 is 2.70 bits per heavy atom. The maximum atomic E-state index is 11.9. The number of carbonyl (C=O) groups excluding carboxylic acids is 1. The molecule has 0 saturated carbocycles. The minimum Gasteiger partial charge on any atom is -0.497 e. The van der Waals surface area contributed by atoms with E-state index in [1.807, 2.05) is 24.3 Å². The summed E-state index contributed by atoms with van der Waals surface area (Å²) in [6.07, 6.45) is 2.33. The lowest BCUT2D eigenvalue weighted by atomic mass is 9.71. The zero-order chi connectivity index (χ0) is 16.9. The lowest BCUT2D eigenvalue weighted by Crippen LogP contribution is -2.36. The normalized spacial score (nSPS) is 23.1. The number of nitriles is 1. The van der Waals surface area contributed by atoms with Crippen molar-refractivity contribution in [2.24, 2.45) is 0 Å². The zero-order valence-electron chi connectivity index (χ0n) is 13.2. The second kappa shape index (κ2) is 6.98. The molecule has 0 heterocycles. The third kappa shape index (κ3) is 3.19. The summed E-state index contributed by atoms with van der Waals surface area (Å²) in [5, 5.41) is 9.64. The minimum absolute atomic E-state index is 0.0858. The molecule has 23 heavy (non-hydrogen) atoms. The number of esters is 1. The molecule has 1 aliphatic carbocycles. The Bertz CT molecular complexity index is 678. The summed E-state index contributed by atoms with van der Waals surface area (Å²) in [5.41, 5.74) is 0.0162. The van der Waals surface area contributed by atoms with Gasteiger partial charge in [-0.25, -0.2) is 11.4 Å². The van der Waals surface area contributed by atoms with E-state index in [4.69, 9.17) is 16.0 Å². The third-order valence-electron chi connectivity index (χ3n) is 4.09. The Labute approximate surface area is 135 Å². The fourth-order valence-corrected chi connectivity index (χ4v) is 2.83. The van der Waals surface area contributed by atoms with Crippen LogP contribution in [0.15, 0.2) is 35.9 Å². The molecular weight excluding hydrogens is 292 g/mol. The van der Waals surface area contributed by atoms with Crippen molar-refractivity contribution in [2.75, 3.05) is 13.7 Å². The van der Waals surface area contributed by atoms with Crippen molar-refractivity contribution < 1.29 is 14.3 Å². The van der Waals surface area contributed by atoms with Gasteiger partial charge in [0.15, 0.2) is 6.07 Å². The van der Waals surface area contributed by atoms with E-state index < -0.39 is 11.5 Å².